The number of benzene rings is 2. The molecule has 0 aliphatic rings. The molecule has 0 spiro atoms. The summed E-state index contributed by atoms with van der Waals surface area (Å²) in [4.78, 5) is 0. The van der Waals surface area contributed by atoms with Crippen molar-refractivity contribution in [3.63, 3.8) is 0 Å². The van der Waals surface area contributed by atoms with Gasteiger partial charge in [0.05, 0.1) is 18.2 Å². The number of methoxy groups -OCH3 is 1. The number of nitrogens with two attached hydrogens (primary N) is 1. The summed E-state index contributed by atoms with van der Waals surface area (Å²) in [6.07, 6.45) is 1.17. The Bertz CT molecular complexity index is 638. The van der Waals surface area contributed by atoms with Gasteiger partial charge in [0.2, 0.25) is 0 Å². The highest BCUT2D eigenvalue weighted by Gasteiger charge is 2.28. The van der Waals surface area contributed by atoms with Crippen LogP contribution in [0.1, 0.15) is 46.6 Å². The molecule has 2 rings (SSSR count). The van der Waals surface area contributed by atoms with Crippen LogP contribution in [-0.4, -0.2) is 12.6 Å². The van der Waals surface area contributed by atoms with Gasteiger partial charge in [-0.15, -0.1) is 0 Å². The fraction of sp³-hybridized carbons (Fsp3) is 0.500. The van der Waals surface area contributed by atoms with Crippen molar-refractivity contribution < 1.29 is 10.1 Å². The molecule has 0 saturated heterocycles. The Morgan fingerprint density at radius 2 is 1.64 bits per heavy atom. The molecule has 0 aromatic heterocycles. The first-order valence-corrected chi connectivity index (χ1v) is 8.11. The summed E-state index contributed by atoms with van der Waals surface area (Å²) in [5, 5.41) is 5.02. The molecular weight excluding hydrogens is 270 g/mol. The maximum absolute atomic E-state index is 5.60. The van der Waals surface area contributed by atoms with Gasteiger partial charge in [-0.1, -0.05) is 51.1 Å². The first kappa shape index (κ1) is 16.8. The molecule has 0 saturated carbocycles. The van der Waals surface area contributed by atoms with E-state index in [9.17, 15) is 0 Å². The lowest BCUT2D eigenvalue weighted by Crippen LogP contribution is -2.94. The molecular formula is C20H30NO+. The molecule has 0 fully saturated rings. The second-order valence-corrected chi connectivity index (χ2v) is 8.10. The fourth-order valence-electron chi connectivity index (χ4n) is 3.54. The summed E-state index contributed by atoms with van der Waals surface area (Å²) in [5.41, 5.74) is 1.84. The lowest BCUT2D eigenvalue weighted by atomic mass is 9.81. The highest BCUT2D eigenvalue weighted by atomic mass is 16.5. The van der Waals surface area contributed by atoms with Crippen LogP contribution in [0.5, 0.6) is 5.75 Å². The van der Waals surface area contributed by atoms with Crippen molar-refractivity contribution >= 4 is 10.8 Å². The summed E-state index contributed by atoms with van der Waals surface area (Å²) in [7, 11) is 1.76. The second-order valence-electron chi connectivity index (χ2n) is 8.10. The number of rotatable bonds is 5. The Hall–Kier alpha value is -1.54. The molecule has 0 amide bonds. The molecule has 0 bridgehead atoms. The van der Waals surface area contributed by atoms with Crippen molar-refractivity contribution in [1.29, 1.82) is 0 Å². The average molecular weight is 300 g/mol. The van der Waals surface area contributed by atoms with Crippen LogP contribution in [0.15, 0.2) is 36.4 Å². The van der Waals surface area contributed by atoms with E-state index in [1.54, 1.807) is 7.11 Å². The predicted octanol–water partition coefficient (Wildman–Crippen LogP) is 4.13. The van der Waals surface area contributed by atoms with Crippen LogP contribution in [0.4, 0.5) is 0 Å². The number of ether oxygens (including phenoxy) is 1. The standard InChI is InChI=1S/C20H29NO/c1-19(2,3)14-20(4,5)21-13-17-16-10-8-7-9-15(16)11-12-18(17)22-6/h7-12,21H,13-14H2,1-6H3/p+1. The Kier molecular flexibility index (Phi) is 4.81. The average Bonchev–Trinajstić information content (AvgIpc) is 2.42. The van der Waals surface area contributed by atoms with Gasteiger partial charge in [-0.05, 0) is 36.1 Å². The molecule has 0 atom stereocenters. The van der Waals surface area contributed by atoms with Crippen LogP contribution in [0.25, 0.3) is 10.8 Å². The molecule has 2 N–H and O–H groups in total. The van der Waals surface area contributed by atoms with Gasteiger partial charge >= 0.3 is 0 Å². The lowest BCUT2D eigenvalue weighted by molar-refractivity contribution is -0.737. The topological polar surface area (TPSA) is 25.8 Å². The van der Waals surface area contributed by atoms with Crippen LogP contribution < -0.4 is 10.1 Å². The maximum Gasteiger partial charge on any atom is 0.128 e. The van der Waals surface area contributed by atoms with Crippen molar-refractivity contribution in [3.05, 3.63) is 42.0 Å². The summed E-state index contributed by atoms with van der Waals surface area (Å²) in [6.45, 7) is 12.5. The monoisotopic (exact) mass is 300 g/mol. The minimum absolute atomic E-state index is 0.209. The summed E-state index contributed by atoms with van der Waals surface area (Å²) in [5.74, 6) is 0.988. The minimum Gasteiger partial charge on any atom is -0.496 e. The molecule has 120 valence electrons. The third-order valence-electron chi connectivity index (χ3n) is 4.06. The van der Waals surface area contributed by atoms with E-state index in [0.29, 0.717) is 5.41 Å². The van der Waals surface area contributed by atoms with Crippen LogP contribution in [0, 0.1) is 5.41 Å². The third kappa shape index (κ3) is 4.23. The minimum atomic E-state index is 0.209. The number of hydrogen-bond donors (Lipinski definition) is 1. The molecule has 2 nitrogen and oxygen atoms in total. The van der Waals surface area contributed by atoms with Gasteiger partial charge in [-0.25, -0.2) is 0 Å². The zero-order valence-electron chi connectivity index (χ0n) is 14.9. The van der Waals surface area contributed by atoms with Gasteiger partial charge in [-0.2, -0.15) is 0 Å². The van der Waals surface area contributed by atoms with E-state index in [1.165, 1.54) is 22.8 Å². The second kappa shape index (κ2) is 6.29. The Labute approximate surface area is 134 Å². The van der Waals surface area contributed by atoms with E-state index < -0.39 is 0 Å². The lowest BCUT2D eigenvalue weighted by Gasteiger charge is -2.30. The summed E-state index contributed by atoms with van der Waals surface area (Å²) >= 11 is 0. The Morgan fingerprint density at radius 3 is 2.27 bits per heavy atom. The van der Waals surface area contributed by atoms with Gasteiger partial charge in [0.25, 0.3) is 0 Å². The fourth-order valence-corrected chi connectivity index (χ4v) is 3.54. The van der Waals surface area contributed by atoms with Gasteiger partial charge in [-0.3, -0.25) is 0 Å². The van der Waals surface area contributed by atoms with E-state index in [4.69, 9.17) is 4.74 Å². The van der Waals surface area contributed by atoms with Crippen LogP contribution in [-0.2, 0) is 6.54 Å². The van der Waals surface area contributed by atoms with E-state index >= 15 is 0 Å². The quantitative estimate of drug-likeness (QED) is 0.883. The molecule has 0 radical (unpaired) electrons. The molecule has 0 aliphatic carbocycles. The molecule has 2 heteroatoms. The summed E-state index contributed by atoms with van der Waals surface area (Å²) in [6, 6.07) is 12.8. The highest BCUT2D eigenvalue weighted by molar-refractivity contribution is 5.87. The Balaban J connectivity index is 2.27. The highest BCUT2D eigenvalue weighted by Crippen LogP contribution is 2.28. The van der Waals surface area contributed by atoms with Crippen LogP contribution in [0.3, 0.4) is 0 Å². The largest absolute Gasteiger partial charge is 0.496 e. The van der Waals surface area contributed by atoms with Crippen molar-refractivity contribution in [1.82, 2.24) is 0 Å². The molecule has 2 aromatic carbocycles. The zero-order valence-corrected chi connectivity index (χ0v) is 14.9. The Morgan fingerprint density at radius 1 is 0.955 bits per heavy atom. The zero-order chi connectivity index (χ0) is 16.4. The first-order chi connectivity index (χ1) is 10.2. The predicted molar refractivity (Wildman–Crippen MR) is 94.3 cm³/mol. The number of fused-ring (bicyclic) bond motifs is 1. The van der Waals surface area contributed by atoms with Crippen molar-refractivity contribution in [3.8, 4) is 5.75 Å². The molecule has 0 heterocycles. The molecule has 0 aliphatic heterocycles. The van der Waals surface area contributed by atoms with Crippen LogP contribution >= 0.6 is 0 Å². The number of quaternary nitrogens is 1. The van der Waals surface area contributed by atoms with Gasteiger partial charge < -0.3 is 10.1 Å². The molecule has 0 unspecified atom stereocenters. The maximum atomic E-state index is 5.60. The number of hydrogen-bond acceptors (Lipinski definition) is 1. The normalized spacial score (nSPS) is 12.6. The van der Waals surface area contributed by atoms with E-state index in [0.717, 1.165) is 12.3 Å². The van der Waals surface area contributed by atoms with Crippen molar-refractivity contribution in [2.24, 2.45) is 5.41 Å². The van der Waals surface area contributed by atoms with E-state index in [2.05, 4.69) is 76.3 Å². The molecule has 2 aromatic rings. The van der Waals surface area contributed by atoms with Crippen molar-refractivity contribution in [2.75, 3.05) is 7.11 Å². The van der Waals surface area contributed by atoms with Gasteiger partial charge in [0.1, 0.15) is 12.3 Å². The van der Waals surface area contributed by atoms with E-state index in [-0.39, 0.29) is 5.54 Å². The first-order valence-electron chi connectivity index (χ1n) is 8.11. The SMILES string of the molecule is COc1ccc2ccccc2c1C[NH2+]C(C)(C)CC(C)(C)C. The van der Waals surface area contributed by atoms with Crippen LogP contribution in [0.2, 0.25) is 0 Å². The van der Waals surface area contributed by atoms with Gasteiger partial charge in [0.15, 0.2) is 0 Å². The third-order valence-corrected chi connectivity index (χ3v) is 4.06. The van der Waals surface area contributed by atoms with Crippen molar-refractivity contribution in [2.45, 2.75) is 53.1 Å². The van der Waals surface area contributed by atoms with E-state index in [1.807, 2.05) is 0 Å². The van der Waals surface area contributed by atoms with Gasteiger partial charge in [0, 0.05) is 6.42 Å². The molecule has 22 heavy (non-hydrogen) atoms. The summed E-state index contributed by atoms with van der Waals surface area (Å²) < 4.78 is 5.60. The smallest absolute Gasteiger partial charge is 0.128 e.